The maximum atomic E-state index is 13.6. The number of carbonyl (C=O) groups excluding carboxylic acids is 1. The van der Waals surface area contributed by atoms with Crippen LogP contribution in [-0.2, 0) is 16.8 Å². The average molecular weight is 411 g/mol. The number of amides is 1. The number of rotatable bonds is 6. The topological polar surface area (TPSA) is 43.8 Å². The first kappa shape index (κ1) is 21.0. The van der Waals surface area contributed by atoms with Crippen molar-refractivity contribution in [2.24, 2.45) is 0 Å². The van der Waals surface area contributed by atoms with E-state index in [0.29, 0.717) is 32.6 Å². The van der Waals surface area contributed by atoms with E-state index in [1.165, 1.54) is 12.1 Å². The first-order valence-electron chi connectivity index (χ1n) is 10.9. The van der Waals surface area contributed by atoms with E-state index >= 15 is 0 Å². The summed E-state index contributed by atoms with van der Waals surface area (Å²) in [5, 5.41) is 11.2. The number of benzene rings is 2. The summed E-state index contributed by atoms with van der Waals surface area (Å²) in [4.78, 5) is 17.6. The summed E-state index contributed by atoms with van der Waals surface area (Å²) < 4.78 is 13.1. The zero-order chi connectivity index (χ0) is 21.2. The van der Waals surface area contributed by atoms with Crippen LogP contribution in [0.5, 0.6) is 0 Å². The zero-order valence-corrected chi connectivity index (χ0v) is 17.7. The SMILES string of the molecule is CN(Cc1ccc(F)cc1)C[C@]1(O)CCN(C(=O)C2(c3ccccc3)CCCC2)C1. The second kappa shape index (κ2) is 8.48. The summed E-state index contributed by atoms with van der Waals surface area (Å²) in [6.45, 7) is 2.07. The molecule has 1 amide bonds. The van der Waals surface area contributed by atoms with Gasteiger partial charge in [0.05, 0.1) is 17.6 Å². The highest BCUT2D eigenvalue weighted by Gasteiger charge is 2.48. The molecule has 30 heavy (non-hydrogen) atoms. The van der Waals surface area contributed by atoms with Gasteiger partial charge in [0.2, 0.25) is 5.91 Å². The molecule has 5 heteroatoms. The monoisotopic (exact) mass is 410 g/mol. The second-order valence-corrected chi connectivity index (χ2v) is 9.16. The molecule has 1 saturated carbocycles. The van der Waals surface area contributed by atoms with Gasteiger partial charge in [0.1, 0.15) is 5.82 Å². The fraction of sp³-hybridized carbons (Fsp3) is 0.480. The Morgan fingerprint density at radius 1 is 1.07 bits per heavy atom. The molecule has 1 atom stereocenters. The Bertz CT molecular complexity index is 864. The maximum Gasteiger partial charge on any atom is 0.233 e. The molecule has 2 aliphatic rings. The lowest BCUT2D eigenvalue weighted by molar-refractivity contribution is -0.137. The van der Waals surface area contributed by atoms with Crippen LogP contribution in [0.4, 0.5) is 4.39 Å². The highest BCUT2D eigenvalue weighted by molar-refractivity contribution is 5.89. The van der Waals surface area contributed by atoms with Gasteiger partial charge < -0.3 is 10.0 Å². The van der Waals surface area contributed by atoms with E-state index in [-0.39, 0.29) is 11.7 Å². The molecule has 0 spiro atoms. The second-order valence-electron chi connectivity index (χ2n) is 9.16. The van der Waals surface area contributed by atoms with Crippen LogP contribution in [0.1, 0.15) is 43.2 Å². The van der Waals surface area contributed by atoms with Gasteiger partial charge in [-0.15, -0.1) is 0 Å². The van der Waals surface area contributed by atoms with Gasteiger partial charge in [0.25, 0.3) is 0 Å². The van der Waals surface area contributed by atoms with Gasteiger partial charge >= 0.3 is 0 Å². The van der Waals surface area contributed by atoms with Crippen molar-refractivity contribution in [2.75, 3.05) is 26.7 Å². The molecule has 0 radical (unpaired) electrons. The molecule has 0 bridgehead atoms. The fourth-order valence-electron chi connectivity index (χ4n) is 5.28. The molecule has 0 aromatic heterocycles. The Balaban J connectivity index is 1.42. The fourth-order valence-corrected chi connectivity index (χ4v) is 5.28. The van der Waals surface area contributed by atoms with Crippen LogP contribution in [0.2, 0.25) is 0 Å². The summed E-state index contributed by atoms with van der Waals surface area (Å²) in [5.74, 6) is -0.0763. The summed E-state index contributed by atoms with van der Waals surface area (Å²) in [6, 6.07) is 16.6. The van der Waals surface area contributed by atoms with E-state index in [0.717, 1.165) is 36.8 Å². The lowest BCUT2D eigenvalue weighted by Gasteiger charge is -2.34. The number of likely N-dealkylation sites (tertiary alicyclic amines) is 1. The minimum Gasteiger partial charge on any atom is -0.387 e. The van der Waals surface area contributed by atoms with E-state index in [9.17, 15) is 14.3 Å². The number of hydrogen-bond donors (Lipinski definition) is 1. The summed E-state index contributed by atoms with van der Waals surface area (Å²) in [6.07, 6.45) is 4.49. The number of β-amino-alcohol motifs (C(OH)–C–C–N with tert-alkyl or cyclic N) is 1. The van der Waals surface area contributed by atoms with Crippen molar-refractivity contribution in [1.82, 2.24) is 9.80 Å². The molecular formula is C25H31FN2O2. The largest absolute Gasteiger partial charge is 0.387 e. The minimum atomic E-state index is -0.916. The third-order valence-corrected chi connectivity index (χ3v) is 6.74. The molecule has 2 fully saturated rings. The van der Waals surface area contributed by atoms with Gasteiger partial charge in [0, 0.05) is 19.6 Å². The highest BCUT2D eigenvalue weighted by Crippen LogP contribution is 2.43. The number of aliphatic hydroxyl groups is 1. The zero-order valence-electron chi connectivity index (χ0n) is 17.7. The van der Waals surface area contributed by atoms with Crippen LogP contribution in [0.15, 0.2) is 54.6 Å². The molecule has 1 N–H and O–H groups in total. The molecule has 1 saturated heterocycles. The Kier molecular flexibility index (Phi) is 5.94. The summed E-state index contributed by atoms with van der Waals surface area (Å²) in [5.41, 5.74) is 0.756. The standard InChI is InChI=1S/C25H31FN2O2/c1-27(17-20-9-11-22(26)12-10-20)18-24(30)15-16-28(19-24)23(29)25(13-5-6-14-25)21-7-3-2-4-8-21/h2-4,7-12,30H,5-6,13-19H2,1H3/t24-/m1/s1. The number of nitrogens with zero attached hydrogens (tertiary/aromatic N) is 2. The van der Waals surface area contributed by atoms with Crippen molar-refractivity contribution in [3.63, 3.8) is 0 Å². The van der Waals surface area contributed by atoms with E-state index in [2.05, 4.69) is 12.1 Å². The van der Waals surface area contributed by atoms with Crippen LogP contribution in [0.25, 0.3) is 0 Å². The predicted molar refractivity (Wildman–Crippen MR) is 115 cm³/mol. The minimum absolute atomic E-state index is 0.170. The van der Waals surface area contributed by atoms with Gasteiger partial charge in [-0.1, -0.05) is 55.3 Å². The molecule has 4 nitrogen and oxygen atoms in total. The van der Waals surface area contributed by atoms with Crippen LogP contribution < -0.4 is 0 Å². The normalized spacial score (nSPS) is 23.3. The molecular weight excluding hydrogens is 379 g/mol. The number of halogens is 1. The first-order valence-corrected chi connectivity index (χ1v) is 10.9. The Morgan fingerprint density at radius 2 is 1.73 bits per heavy atom. The van der Waals surface area contributed by atoms with E-state index in [1.807, 2.05) is 35.0 Å². The Hall–Kier alpha value is -2.24. The van der Waals surface area contributed by atoms with Crippen LogP contribution in [0.3, 0.4) is 0 Å². The van der Waals surface area contributed by atoms with Crippen LogP contribution >= 0.6 is 0 Å². The molecule has 4 rings (SSSR count). The summed E-state index contributed by atoms with van der Waals surface area (Å²) in [7, 11) is 1.95. The molecule has 2 aromatic carbocycles. The van der Waals surface area contributed by atoms with Crippen molar-refractivity contribution in [2.45, 2.75) is 49.7 Å². The van der Waals surface area contributed by atoms with Crippen LogP contribution in [0, 0.1) is 5.82 Å². The third-order valence-electron chi connectivity index (χ3n) is 6.74. The molecule has 1 aliphatic carbocycles. The smallest absolute Gasteiger partial charge is 0.233 e. The van der Waals surface area contributed by atoms with Gasteiger partial charge in [-0.05, 0) is 49.6 Å². The van der Waals surface area contributed by atoms with E-state index in [4.69, 9.17) is 0 Å². The van der Waals surface area contributed by atoms with Gasteiger partial charge in [-0.25, -0.2) is 4.39 Å². The average Bonchev–Trinajstić information content (AvgIpc) is 3.38. The molecule has 1 heterocycles. The number of carbonyl (C=O) groups is 1. The molecule has 160 valence electrons. The molecule has 0 unspecified atom stereocenters. The Labute approximate surface area is 178 Å². The van der Waals surface area contributed by atoms with Gasteiger partial charge in [-0.2, -0.15) is 0 Å². The van der Waals surface area contributed by atoms with E-state index < -0.39 is 11.0 Å². The maximum absolute atomic E-state index is 13.6. The first-order chi connectivity index (χ1) is 14.4. The lowest BCUT2D eigenvalue weighted by Crippen LogP contribution is -2.48. The number of likely N-dealkylation sites (N-methyl/N-ethyl adjacent to an activating group) is 1. The third kappa shape index (κ3) is 4.28. The summed E-state index contributed by atoms with van der Waals surface area (Å²) >= 11 is 0. The highest BCUT2D eigenvalue weighted by atomic mass is 19.1. The lowest BCUT2D eigenvalue weighted by atomic mass is 9.77. The Morgan fingerprint density at radius 3 is 2.40 bits per heavy atom. The quantitative estimate of drug-likeness (QED) is 0.789. The molecule has 2 aromatic rings. The van der Waals surface area contributed by atoms with Gasteiger partial charge in [0.15, 0.2) is 0 Å². The van der Waals surface area contributed by atoms with Crippen LogP contribution in [-0.4, -0.2) is 53.1 Å². The van der Waals surface area contributed by atoms with Crippen molar-refractivity contribution >= 4 is 5.91 Å². The van der Waals surface area contributed by atoms with Crippen molar-refractivity contribution in [3.05, 3.63) is 71.5 Å². The van der Waals surface area contributed by atoms with Gasteiger partial charge in [-0.3, -0.25) is 9.69 Å². The van der Waals surface area contributed by atoms with Crippen molar-refractivity contribution in [1.29, 1.82) is 0 Å². The van der Waals surface area contributed by atoms with Crippen molar-refractivity contribution in [3.8, 4) is 0 Å². The predicted octanol–water partition coefficient (Wildman–Crippen LogP) is 3.73. The molecule has 1 aliphatic heterocycles. The number of hydrogen-bond acceptors (Lipinski definition) is 3. The van der Waals surface area contributed by atoms with Crippen molar-refractivity contribution < 1.29 is 14.3 Å². The van der Waals surface area contributed by atoms with E-state index in [1.54, 1.807) is 12.1 Å².